The fourth-order valence-corrected chi connectivity index (χ4v) is 9.95. The molecule has 12 rings (SSSR count). The van der Waals surface area contributed by atoms with Gasteiger partial charge in [0, 0.05) is 104 Å². The Bertz CT molecular complexity index is 3360. The fraction of sp³-hybridized carbons (Fsp3) is 0.0800. The van der Waals surface area contributed by atoms with E-state index in [0.717, 1.165) is 0 Å². The van der Waals surface area contributed by atoms with Gasteiger partial charge in [-0.05, 0) is 81.6 Å². The molecule has 8 aromatic carbocycles. The van der Waals surface area contributed by atoms with Gasteiger partial charge in [0.1, 0.15) is 0 Å². The van der Waals surface area contributed by atoms with E-state index in [4.69, 9.17) is 0 Å². The van der Waals surface area contributed by atoms with Crippen molar-refractivity contribution in [2.75, 3.05) is 0 Å². The number of benzene rings is 8. The van der Waals surface area contributed by atoms with Crippen LogP contribution in [0, 0.1) is 0 Å². The molecular weight excluding hydrogens is 657 g/mol. The molecule has 0 aliphatic heterocycles. The Balaban J connectivity index is 1.10. The molecule has 0 atom stereocenters. The van der Waals surface area contributed by atoms with Gasteiger partial charge in [0.15, 0.2) is 0 Å². The van der Waals surface area contributed by atoms with Crippen molar-refractivity contribution >= 4 is 98.0 Å². The fourth-order valence-electron chi connectivity index (χ4n) is 9.95. The van der Waals surface area contributed by atoms with Crippen molar-refractivity contribution in [1.29, 1.82) is 0 Å². The van der Waals surface area contributed by atoms with Crippen LogP contribution in [-0.2, 0) is 28.2 Å². The van der Waals surface area contributed by atoms with Crippen molar-refractivity contribution in [3.8, 4) is 22.3 Å². The van der Waals surface area contributed by atoms with Crippen molar-refractivity contribution in [2.45, 2.75) is 0 Å². The summed E-state index contributed by atoms with van der Waals surface area (Å²) in [7, 11) is 8.82. The zero-order valence-electron chi connectivity index (χ0n) is 30.6. The third kappa shape index (κ3) is 3.72. The van der Waals surface area contributed by atoms with Crippen molar-refractivity contribution in [2.24, 2.45) is 28.2 Å². The maximum atomic E-state index is 2.44. The Morgan fingerprint density at radius 1 is 0.259 bits per heavy atom. The zero-order valence-corrected chi connectivity index (χ0v) is 30.6. The van der Waals surface area contributed by atoms with Gasteiger partial charge in [0.05, 0.1) is 11.0 Å². The van der Waals surface area contributed by atoms with Crippen molar-refractivity contribution in [3.05, 3.63) is 146 Å². The van der Waals surface area contributed by atoms with Gasteiger partial charge in [-0.15, -0.1) is 0 Å². The molecule has 0 bridgehead atoms. The van der Waals surface area contributed by atoms with Gasteiger partial charge >= 0.3 is 0 Å². The van der Waals surface area contributed by atoms with E-state index in [1.807, 2.05) is 0 Å². The van der Waals surface area contributed by atoms with E-state index in [-0.39, 0.29) is 0 Å². The third-order valence-corrected chi connectivity index (χ3v) is 12.6. The molecule has 0 aliphatic carbocycles. The van der Waals surface area contributed by atoms with Gasteiger partial charge in [0.2, 0.25) is 0 Å². The molecule has 4 nitrogen and oxygen atoms in total. The summed E-state index contributed by atoms with van der Waals surface area (Å²) in [6.07, 6.45) is 0. The first-order chi connectivity index (χ1) is 26.5. The number of para-hydroxylation sites is 2. The van der Waals surface area contributed by atoms with Crippen LogP contribution in [0.5, 0.6) is 0 Å². The van der Waals surface area contributed by atoms with Crippen LogP contribution in [0.1, 0.15) is 0 Å². The molecule has 0 spiro atoms. The summed E-state index contributed by atoms with van der Waals surface area (Å²) in [6.45, 7) is 0. The van der Waals surface area contributed by atoms with E-state index in [9.17, 15) is 0 Å². The average molecular weight is 693 g/mol. The first kappa shape index (κ1) is 29.8. The maximum Gasteiger partial charge on any atom is 0.0742 e. The Labute approximate surface area is 311 Å². The van der Waals surface area contributed by atoms with E-state index in [2.05, 4.69) is 192 Å². The van der Waals surface area contributed by atoms with Crippen molar-refractivity contribution in [1.82, 2.24) is 18.3 Å². The second-order valence-corrected chi connectivity index (χ2v) is 15.2. The summed E-state index contributed by atoms with van der Waals surface area (Å²) in [5, 5.41) is 13.0. The number of hydrogen-bond donors (Lipinski definition) is 0. The van der Waals surface area contributed by atoms with Crippen LogP contribution in [-0.4, -0.2) is 18.3 Å². The minimum absolute atomic E-state index is 1.23. The van der Waals surface area contributed by atoms with E-state index < -0.39 is 0 Å². The summed E-state index contributed by atoms with van der Waals surface area (Å²) < 4.78 is 9.48. The summed E-state index contributed by atoms with van der Waals surface area (Å²) >= 11 is 0. The molecule has 0 unspecified atom stereocenters. The lowest BCUT2D eigenvalue weighted by molar-refractivity contribution is 0.987. The molecule has 0 aliphatic rings. The molecule has 0 N–H and O–H groups in total. The van der Waals surface area contributed by atoms with Gasteiger partial charge in [-0.3, -0.25) is 0 Å². The van der Waals surface area contributed by atoms with Gasteiger partial charge in [-0.1, -0.05) is 97.1 Å². The van der Waals surface area contributed by atoms with E-state index in [1.54, 1.807) is 0 Å². The molecule has 0 saturated heterocycles. The van der Waals surface area contributed by atoms with E-state index >= 15 is 0 Å². The molecule has 0 saturated carbocycles. The normalized spacial score (nSPS) is 12.4. The number of aryl methyl sites for hydroxylation is 4. The molecule has 54 heavy (non-hydrogen) atoms. The smallest absolute Gasteiger partial charge is 0.0742 e. The maximum absolute atomic E-state index is 2.44. The largest absolute Gasteiger partial charge is 0.344 e. The highest BCUT2D eigenvalue weighted by molar-refractivity contribution is 6.36. The lowest BCUT2D eigenvalue weighted by Crippen LogP contribution is -1.93. The summed E-state index contributed by atoms with van der Waals surface area (Å²) in [6, 6.07) is 54.4. The summed E-state index contributed by atoms with van der Waals surface area (Å²) in [4.78, 5) is 0. The molecule has 4 heterocycles. The Hall–Kier alpha value is -6.78. The number of nitrogens with zero attached hydrogens (tertiary/aromatic N) is 4. The Morgan fingerprint density at radius 2 is 0.611 bits per heavy atom. The quantitative estimate of drug-likeness (QED) is 0.172. The van der Waals surface area contributed by atoms with Crippen LogP contribution in [0.2, 0.25) is 0 Å². The van der Waals surface area contributed by atoms with E-state index in [1.165, 1.54) is 120 Å². The van der Waals surface area contributed by atoms with Crippen LogP contribution in [0.3, 0.4) is 0 Å². The van der Waals surface area contributed by atoms with E-state index in [0.29, 0.717) is 0 Å². The molecule has 256 valence electrons. The predicted octanol–water partition coefficient (Wildman–Crippen LogP) is 12.8. The SMILES string of the molecule is Cn1c2ccccc2c2cc(-c3ccc4c5c6ccccc6c6c7ccc(-c8ccc9c(c8)c8ccccc8n9C)cc7n(C)c6c5n(C)c4c3)ccc21. The first-order valence-electron chi connectivity index (χ1n) is 18.8. The second kappa shape index (κ2) is 10.4. The van der Waals surface area contributed by atoms with Gasteiger partial charge < -0.3 is 18.3 Å². The number of fused-ring (bicyclic) bond motifs is 16. The van der Waals surface area contributed by atoms with Crippen LogP contribution in [0.4, 0.5) is 0 Å². The topological polar surface area (TPSA) is 19.7 Å². The second-order valence-electron chi connectivity index (χ2n) is 15.2. The molecule has 0 amide bonds. The highest BCUT2D eigenvalue weighted by atomic mass is 15.0. The molecule has 12 aromatic rings. The van der Waals surface area contributed by atoms with Crippen molar-refractivity contribution in [3.63, 3.8) is 0 Å². The van der Waals surface area contributed by atoms with Crippen LogP contribution < -0.4 is 0 Å². The molecular formula is C50H36N4. The van der Waals surface area contributed by atoms with Gasteiger partial charge in [-0.2, -0.15) is 0 Å². The highest BCUT2D eigenvalue weighted by Gasteiger charge is 2.22. The Morgan fingerprint density at radius 3 is 1.06 bits per heavy atom. The molecule has 4 heteroatoms. The standard InChI is InChI=1S/C50H36N4/c1-51-41-15-9-7-11-33(41)39-25-29(19-23-43(39)51)31-17-21-37-45(27-31)53(3)49-47(37)35-13-5-6-14-36(35)48-38-22-18-32(28-46(38)54(4)50(48)49)30-20-24-44-40(26-30)34-12-8-10-16-42(34)52(44)2/h5-28H,1-4H3. The zero-order chi connectivity index (χ0) is 36.0. The van der Waals surface area contributed by atoms with Crippen LogP contribution >= 0.6 is 0 Å². The minimum Gasteiger partial charge on any atom is -0.344 e. The first-order valence-corrected chi connectivity index (χ1v) is 18.8. The van der Waals surface area contributed by atoms with Crippen molar-refractivity contribution < 1.29 is 0 Å². The lowest BCUT2D eigenvalue weighted by Gasteiger charge is -2.08. The summed E-state index contributed by atoms with van der Waals surface area (Å²) in [5.41, 5.74) is 15.0. The third-order valence-electron chi connectivity index (χ3n) is 12.6. The van der Waals surface area contributed by atoms with Crippen LogP contribution in [0.15, 0.2) is 146 Å². The van der Waals surface area contributed by atoms with Crippen LogP contribution in [0.25, 0.3) is 120 Å². The van der Waals surface area contributed by atoms with Gasteiger partial charge in [-0.25, -0.2) is 0 Å². The number of aromatic nitrogens is 4. The molecule has 4 aromatic heterocycles. The average Bonchev–Trinajstić information content (AvgIpc) is 3.89. The highest BCUT2D eigenvalue weighted by Crippen LogP contribution is 2.45. The molecule has 0 fully saturated rings. The predicted molar refractivity (Wildman–Crippen MR) is 231 cm³/mol. The van der Waals surface area contributed by atoms with Gasteiger partial charge in [0.25, 0.3) is 0 Å². The Kier molecular flexibility index (Phi) is 5.74. The number of hydrogen-bond acceptors (Lipinski definition) is 0. The molecule has 0 radical (unpaired) electrons. The number of rotatable bonds is 2. The monoisotopic (exact) mass is 692 g/mol. The lowest BCUT2D eigenvalue weighted by atomic mass is 9.96. The minimum atomic E-state index is 1.23. The summed E-state index contributed by atoms with van der Waals surface area (Å²) in [5.74, 6) is 0.